The summed E-state index contributed by atoms with van der Waals surface area (Å²) in [5.41, 5.74) is 2.03. The lowest BCUT2D eigenvalue weighted by Crippen LogP contribution is -2.52. The number of carbonyl (C=O) groups excluding carboxylic acids is 2. The second kappa shape index (κ2) is 11.7. The van der Waals surface area contributed by atoms with Crippen molar-refractivity contribution in [3.05, 3.63) is 63.6 Å². The van der Waals surface area contributed by atoms with Crippen molar-refractivity contribution in [3.8, 4) is 0 Å². The van der Waals surface area contributed by atoms with Crippen LogP contribution in [0.3, 0.4) is 0 Å². The number of hydrogen-bond acceptors (Lipinski definition) is 4. The first kappa shape index (κ1) is 27.0. The molecule has 0 heterocycles. The molecule has 7 nitrogen and oxygen atoms in total. The lowest BCUT2D eigenvalue weighted by atomic mass is 10.1. The summed E-state index contributed by atoms with van der Waals surface area (Å²) in [5.74, 6) is -0.819. The van der Waals surface area contributed by atoms with Crippen LogP contribution in [0.25, 0.3) is 0 Å². The third-order valence-electron chi connectivity index (χ3n) is 5.07. The Balaban J connectivity index is 2.45. The molecule has 10 heteroatoms. The van der Waals surface area contributed by atoms with E-state index in [4.69, 9.17) is 23.2 Å². The summed E-state index contributed by atoms with van der Waals surface area (Å²) >= 11 is 12.2. The van der Waals surface area contributed by atoms with Crippen LogP contribution in [0.5, 0.6) is 0 Å². The molecular formula is C23H29Cl2N3O4S. The normalized spacial score (nSPS) is 12.2. The molecule has 0 unspecified atom stereocenters. The molecule has 2 rings (SSSR count). The summed E-state index contributed by atoms with van der Waals surface area (Å²) in [5, 5.41) is 3.20. The number of carbonyl (C=O) groups is 2. The molecule has 1 atom stereocenters. The van der Waals surface area contributed by atoms with Crippen molar-refractivity contribution in [3.63, 3.8) is 0 Å². The highest BCUT2D eigenvalue weighted by Gasteiger charge is 2.32. The summed E-state index contributed by atoms with van der Waals surface area (Å²) in [6.45, 7) is 5.61. The van der Waals surface area contributed by atoms with E-state index in [1.54, 1.807) is 13.8 Å². The van der Waals surface area contributed by atoms with E-state index in [-0.39, 0.29) is 23.2 Å². The highest BCUT2D eigenvalue weighted by molar-refractivity contribution is 7.92. The molecule has 0 aliphatic carbocycles. The van der Waals surface area contributed by atoms with Crippen molar-refractivity contribution < 1.29 is 18.0 Å². The molecule has 1 N–H and O–H groups in total. The lowest BCUT2D eigenvalue weighted by molar-refractivity contribution is -0.140. The zero-order valence-corrected chi connectivity index (χ0v) is 21.5. The summed E-state index contributed by atoms with van der Waals surface area (Å²) < 4.78 is 26.1. The molecule has 0 saturated heterocycles. The van der Waals surface area contributed by atoms with E-state index in [9.17, 15) is 18.0 Å². The molecule has 0 aliphatic heterocycles. The van der Waals surface area contributed by atoms with Crippen LogP contribution in [0.1, 0.15) is 31.4 Å². The van der Waals surface area contributed by atoms with Gasteiger partial charge in [-0.05, 0) is 44.0 Å². The number of aryl methyl sites for hydroxylation is 1. The largest absolute Gasteiger partial charge is 0.355 e. The summed E-state index contributed by atoms with van der Waals surface area (Å²) in [6.07, 6.45) is 1.36. The zero-order chi connectivity index (χ0) is 24.8. The molecule has 2 aromatic carbocycles. The fraction of sp³-hybridized carbons (Fsp3) is 0.391. The average Bonchev–Trinajstić information content (AvgIpc) is 2.73. The van der Waals surface area contributed by atoms with Gasteiger partial charge in [0, 0.05) is 18.1 Å². The quantitative estimate of drug-likeness (QED) is 0.519. The Bertz CT molecular complexity index is 1090. The first-order valence-electron chi connectivity index (χ1n) is 10.5. The van der Waals surface area contributed by atoms with Gasteiger partial charge in [0.05, 0.1) is 17.0 Å². The fourth-order valence-electron chi connectivity index (χ4n) is 3.38. The molecule has 33 heavy (non-hydrogen) atoms. The van der Waals surface area contributed by atoms with Gasteiger partial charge in [-0.3, -0.25) is 13.9 Å². The van der Waals surface area contributed by atoms with Gasteiger partial charge in [0.25, 0.3) is 0 Å². The maximum Gasteiger partial charge on any atom is 0.244 e. The van der Waals surface area contributed by atoms with Crippen LogP contribution in [0.4, 0.5) is 5.69 Å². The maximum absolute atomic E-state index is 13.5. The molecule has 2 amide bonds. The Morgan fingerprint density at radius 1 is 1.06 bits per heavy atom. The third kappa shape index (κ3) is 7.35. The van der Waals surface area contributed by atoms with Crippen LogP contribution in [0.2, 0.25) is 10.0 Å². The van der Waals surface area contributed by atoms with Gasteiger partial charge in [0.1, 0.15) is 12.6 Å². The highest BCUT2D eigenvalue weighted by Crippen LogP contribution is 2.30. The van der Waals surface area contributed by atoms with Gasteiger partial charge >= 0.3 is 0 Å². The van der Waals surface area contributed by atoms with Crippen LogP contribution in [0, 0.1) is 6.92 Å². The van der Waals surface area contributed by atoms with Crippen molar-refractivity contribution in [2.45, 2.75) is 39.8 Å². The number of benzene rings is 2. The Morgan fingerprint density at radius 2 is 1.70 bits per heavy atom. The second-order valence-corrected chi connectivity index (χ2v) is 10.4. The standard InChI is InChI=1S/C23H29Cl2N3O4S/c1-5-20(23(30)26-6-2)27(14-17-9-7-16(3)8-10-17)22(29)15-28(33(4,31)32)21-12-11-18(24)13-19(21)25/h7-13,20H,5-6,14-15H2,1-4H3,(H,26,30)/t20-/m0/s1. The molecule has 0 fully saturated rings. The number of anilines is 1. The maximum atomic E-state index is 13.5. The number of sulfonamides is 1. The molecule has 0 bridgehead atoms. The van der Waals surface area contributed by atoms with Crippen LogP contribution >= 0.6 is 23.2 Å². The second-order valence-electron chi connectivity index (χ2n) is 7.69. The monoisotopic (exact) mass is 513 g/mol. The number of rotatable bonds is 10. The van der Waals surface area contributed by atoms with E-state index in [1.165, 1.54) is 23.1 Å². The van der Waals surface area contributed by atoms with Crippen molar-refractivity contribution in [1.82, 2.24) is 10.2 Å². The van der Waals surface area contributed by atoms with Gasteiger partial charge in [0.2, 0.25) is 21.8 Å². The smallest absolute Gasteiger partial charge is 0.244 e. The lowest BCUT2D eigenvalue weighted by Gasteiger charge is -2.33. The summed E-state index contributed by atoms with van der Waals surface area (Å²) in [6, 6.07) is 11.2. The van der Waals surface area contributed by atoms with E-state index in [0.29, 0.717) is 18.0 Å². The summed E-state index contributed by atoms with van der Waals surface area (Å²) in [7, 11) is -3.87. The minimum atomic E-state index is -3.87. The minimum Gasteiger partial charge on any atom is -0.355 e. The molecule has 180 valence electrons. The van der Waals surface area contributed by atoms with Gasteiger partial charge < -0.3 is 10.2 Å². The van der Waals surface area contributed by atoms with Crippen molar-refractivity contribution in [2.75, 3.05) is 23.7 Å². The molecule has 2 aromatic rings. The number of hydrogen-bond donors (Lipinski definition) is 1. The Kier molecular flexibility index (Phi) is 9.57. The predicted molar refractivity (Wildman–Crippen MR) is 133 cm³/mol. The molecule has 0 aliphatic rings. The first-order chi connectivity index (χ1) is 15.5. The Hall–Kier alpha value is -2.29. The summed E-state index contributed by atoms with van der Waals surface area (Å²) in [4.78, 5) is 27.7. The Morgan fingerprint density at radius 3 is 2.21 bits per heavy atom. The van der Waals surface area contributed by atoms with Gasteiger partial charge in [-0.25, -0.2) is 8.42 Å². The molecule has 0 spiro atoms. The number of nitrogens with zero attached hydrogens (tertiary/aromatic N) is 2. The van der Waals surface area contributed by atoms with Gasteiger partial charge in [0.15, 0.2) is 0 Å². The zero-order valence-electron chi connectivity index (χ0n) is 19.1. The highest BCUT2D eigenvalue weighted by atomic mass is 35.5. The molecule has 0 radical (unpaired) electrons. The number of amides is 2. The number of halogens is 2. The predicted octanol–water partition coefficient (Wildman–Crippen LogP) is 4.01. The van der Waals surface area contributed by atoms with E-state index < -0.39 is 28.5 Å². The van der Waals surface area contributed by atoms with Crippen molar-refractivity contribution in [2.24, 2.45) is 0 Å². The SMILES string of the molecule is CCNC(=O)[C@H](CC)N(Cc1ccc(C)cc1)C(=O)CN(c1ccc(Cl)cc1Cl)S(C)(=O)=O. The Labute approximate surface area is 205 Å². The van der Waals surface area contributed by atoms with E-state index in [0.717, 1.165) is 21.7 Å². The average molecular weight is 514 g/mol. The van der Waals surface area contributed by atoms with Crippen LogP contribution in [-0.4, -0.2) is 50.5 Å². The number of nitrogens with one attached hydrogen (secondary N) is 1. The molecule has 0 saturated carbocycles. The van der Waals surface area contributed by atoms with Crippen LogP contribution in [0.15, 0.2) is 42.5 Å². The van der Waals surface area contributed by atoms with E-state index in [2.05, 4.69) is 5.32 Å². The minimum absolute atomic E-state index is 0.0987. The fourth-order valence-corrected chi connectivity index (χ4v) is 4.80. The van der Waals surface area contributed by atoms with Gasteiger partial charge in [-0.1, -0.05) is 60.0 Å². The number of likely N-dealkylation sites (N-methyl/N-ethyl adjacent to an activating group) is 1. The van der Waals surface area contributed by atoms with Crippen LogP contribution in [-0.2, 0) is 26.2 Å². The molecule has 0 aromatic heterocycles. The topological polar surface area (TPSA) is 86.8 Å². The van der Waals surface area contributed by atoms with Crippen molar-refractivity contribution in [1.29, 1.82) is 0 Å². The third-order valence-corrected chi connectivity index (χ3v) is 6.73. The van der Waals surface area contributed by atoms with Crippen LogP contribution < -0.4 is 9.62 Å². The van der Waals surface area contributed by atoms with Gasteiger partial charge in [-0.15, -0.1) is 0 Å². The van der Waals surface area contributed by atoms with E-state index >= 15 is 0 Å². The first-order valence-corrected chi connectivity index (χ1v) is 13.1. The van der Waals surface area contributed by atoms with Gasteiger partial charge in [-0.2, -0.15) is 0 Å². The molecular weight excluding hydrogens is 485 g/mol. The van der Waals surface area contributed by atoms with Crippen molar-refractivity contribution >= 4 is 50.7 Å². The van der Waals surface area contributed by atoms with E-state index in [1.807, 2.05) is 31.2 Å².